The van der Waals surface area contributed by atoms with Gasteiger partial charge in [0.2, 0.25) is 11.8 Å². The van der Waals surface area contributed by atoms with Crippen molar-refractivity contribution in [3.05, 3.63) is 0 Å². The van der Waals surface area contributed by atoms with E-state index < -0.39 is 35.8 Å². The lowest BCUT2D eigenvalue weighted by Gasteiger charge is -2.29. The van der Waals surface area contributed by atoms with Gasteiger partial charge in [-0.2, -0.15) is 0 Å². The van der Waals surface area contributed by atoms with Crippen molar-refractivity contribution in [1.29, 1.82) is 0 Å². The quantitative estimate of drug-likeness (QED) is 0.0743. The Morgan fingerprint density at radius 2 is 0.848 bits per heavy atom. The zero-order valence-corrected chi connectivity index (χ0v) is 29.9. The first-order valence-corrected chi connectivity index (χ1v) is 18.7. The third-order valence-electron chi connectivity index (χ3n) is 8.90. The fourth-order valence-electron chi connectivity index (χ4n) is 5.70. The van der Waals surface area contributed by atoms with Crippen LogP contribution in [0.3, 0.4) is 0 Å². The lowest BCUT2D eigenvalue weighted by Crippen LogP contribution is -2.64. The van der Waals surface area contributed by atoms with Crippen molar-refractivity contribution in [1.82, 2.24) is 20.4 Å². The minimum Gasteiger partial charge on any atom is -0.463 e. The fourth-order valence-corrected chi connectivity index (χ4v) is 5.70. The number of ether oxygens (including phenoxy) is 2. The van der Waals surface area contributed by atoms with Gasteiger partial charge in [-0.3, -0.25) is 19.2 Å². The average Bonchev–Trinajstić information content (AvgIpc) is 3.05. The van der Waals surface area contributed by atoms with Crippen LogP contribution in [0.4, 0.5) is 0 Å². The first-order chi connectivity index (χ1) is 22.3. The van der Waals surface area contributed by atoms with Crippen LogP contribution in [-0.4, -0.2) is 98.1 Å². The molecule has 0 unspecified atom stereocenters. The predicted octanol–water partition coefficient (Wildman–Crippen LogP) is 5.76. The summed E-state index contributed by atoms with van der Waals surface area (Å²) in [6.07, 6.45) is 20.8. The molecule has 268 valence electrons. The maximum absolute atomic E-state index is 12.6. The molecule has 10 heteroatoms. The Bertz CT molecular complexity index is 760. The van der Waals surface area contributed by atoms with Crippen LogP contribution in [0.15, 0.2) is 0 Å². The van der Waals surface area contributed by atoms with E-state index in [-0.39, 0.29) is 26.1 Å². The van der Waals surface area contributed by atoms with Gasteiger partial charge in [-0.25, -0.2) is 0 Å². The Labute approximate surface area is 280 Å². The molecule has 2 atom stereocenters. The second kappa shape index (κ2) is 27.9. The first-order valence-electron chi connectivity index (χ1n) is 18.7. The summed E-state index contributed by atoms with van der Waals surface area (Å²) in [6.45, 7) is 13.1. The average molecular weight is 653 g/mol. The molecule has 0 aromatic rings. The number of amides is 2. The highest BCUT2D eigenvalue weighted by atomic mass is 16.5. The van der Waals surface area contributed by atoms with E-state index in [1.54, 1.807) is 0 Å². The van der Waals surface area contributed by atoms with Crippen molar-refractivity contribution in [3.8, 4) is 0 Å². The number of nitrogens with zero attached hydrogens (tertiary/aromatic N) is 2. The Balaban J connectivity index is 2.20. The van der Waals surface area contributed by atoms with Gasteiger partial charge in [0, 0.05) is 13.1 Å². The Kier molecular flexibility index (Phi) is 25.3. The van der Waals surface area contributed by atoms with Gasteiger partial charge in [-0.15, -0.1) is 0 Å². The topological polar surface area (TPSA) is 117 Å². The van der Waals surface area contributed by atoms with Gasteiger partial charge in [0.1, 0.15) is 25.3 Å². The van der Waals surface area contributed by atoms with E-state index in [9.17, 15) is 19.2 Å². The van der Waals surface area contributed by atoms with Crippen molar-refractivity contribution < 1.29 is 28.7 Å². The molecule has 46 heavy (non-hydrogen) atoms. The van der Waals surface area contributed by atoms with E-state index in [4.69, 9.17) is 9.47 Å². The number of rotatable bonds is 30. The van der Waals surface area contributed by atoms with E-state index in [0.29, 0.717) is 13.1 Å². The van der Waals surface area contributed by atoms with Crippen molar-refractivity contribution in [2.45, 2.75) is 155 Å². The van der Waals surface area contributed by atoms with Crippen LogP contribution in [0.5, 0.6) is 0 Å². The Morgan fingerprint density at radius 1 is 0.522 bits per heavy atom. The van der Waals surface area contributed by atoms with E-state index >= 15 is 0 Å². The number of esters is 2. The summed E-state index contributed by atoms with van der Waals surface area (Å²) >= 11 is 0. The number of piperazine rings is 1. The number of carbonyl (C=O) groups excluding carboxylic acids is 4. The van der Waals surface area contributed by atoms with E-state index in [1.165, 1.54) is 89.9 Å². The molecule has 0 saturated carbocycles. The minimum atomic E-state index is -0.961. The summed E-state index contributed by atoms with van der Waals surface area (Å²) in [7, 11) is 0. The van der Waals surface area contributed by atoms with Gasteiger partial charge in [-0.1, -0.05) is 118 Å². The molecule has 0 aromatic heterocycles. The maximum atomic E-state index is 12.6. The smallest absolute Gasteiger partial charge is 0.307 e. The normalized spacial score (nSPS) is 16.5. The SMILES string of the molecule is CCCCCCCCCCN(CC)CCC(=O)OC[C@@H]1NC(=O)[C@H](COC(=O)CCN(CC)CCCCCCCCCC)NC1=O. The van der Waals surface area contributed by atoms with E-state index in [0.717, 1.165) is 39.0 Å². The molecular formula is C36H68N4O6. The van der Waals surface area contributed by atoms with Crippen LogP contribution in [-0.2, 0) is 28.7 Å². The van der Waals surface area contributed by atoms with E-state index in [2.05, 4.69) is 48.1 Å². The van der Waals surface area contributed by atoms with Crippen molar-refractivity contribution in [3.63, 3.8) is 0 Å². The van der Waals surface area contributed by atoms with Crippen LogP contribution < -0.4 is 10.6 Å². The Hall–Kier alpha value is -2.20. The predicted molar refractivity (Wildman–Crippen MR) is 184 cm³/mol. The summed E-state index contributed by atoms with van der Waals surface area (Å²) in [5.74, 6) is -1.70. The number of carbonyl (C=O) groups is 4. The second-order valence-electron chi connectivity index (χ2n) is 12.8. The molecule has 0 aliphatic carbocycles. The molecule has 1 rings (SSSR count). The molecular weight excluding hydrogens is 584 g/mol. The van der Waals surface area contributed by atoms with Gasteiger partial charge in [0.25, 0.3) is 0 Å². The summed E-state index contributed by atoms with van der Waals surface area (Å²) in [4.78, 5) is 54.3. The van der Waals surface area contributed by atoms with Gasteiger partial charge in [0.15, 0.2) is 0 Å². The number of unbranched alkanes of at least 4 members (excludes halogenated alkanes) is 14. The monoisotopic (exact) mass is 653 g/mol. The number of hydrogen-bond donors (Lipinski definition) is 2. The van der Waals surface area contributed by atoms with Gasteiger partial charge < -0.3 is 29.9 Å². The molecule has 0 spiro atoms. The van der Waals surface area contributed by atoms with Crippen molar-refractivity contribution >= 4 is 23.8 Å². The van der Waals surface area contributed by atoms with Crippen LogP contribution >= 0.6 is 0 Å². The highest BCUT2D eigenvalue weighted by Gasteiger charge is 2.35. The summed E-state index contributed by atoms with van der Waals surface area (Å²) in [6, 6.07) is -1.92. The molecule has 2 N–H and O–H groups in total. The number of hydrogen-bond acceptors (Lipinski definition) is 8. The van der Waals surface area contributed by atoms with Crippen LogP contribution in [0, 0.1) is 0 Å². The van der Waals surface area contributed by atoms with Crippen molar-refractivity contribution in [2.24, 2.45) is 0 Å². The zero-order valence-electron chi connectivity index (χ0n) is 29.9. The summed E-state index contributed by atoms with van der Waals surface area (Å²) < 4.78 is 10.6. The molecule has 0 aromatic carbocycles. The maximum Gasteiger partial charge on any atom is 0.307 e. The largest absolute Gasteiger partial charge is 0.463 e. The molecule has 1 fully saturated rings. The molecule has 10 nitrogen and oxygen atoms in total. The Morgan fingerprint density at radius 3 is 1.17 bits per heavy atom. The number of nitrogens with one attached hydrogen (secondary N) is 2. The van der Waals surface area contributed by atoms with E-state index in [1.807, 2.05) is 0 Å². The molecule has 1 saturated heterocycles. The van der Waals surface area contributed by atoms with Crippen LogP contribution in [0.1, 0.15) is 143 Å². The molecule has 1 aliphatic rings. The zero-order chi connectivity index (χ0) is 33.8. The van der Waals surface area contributed by atoms with Crippen LogP contribution in [0.25, 0.3) is 0 Å². The second-order valence-corrected chi connectivity index (χ2v) is 12.8. The highest BCUT2D eigenvalue weighted by Crippen LogP contribution is 2.11. The van der Waals surface area contributed by atoms with Crippen LogP contribution in [0.2, 0.25) is 0 Å². The lowest BCUT2D eigenvalue weighted by molar-refractivity contribution is -0.152. The standard InChI is InChI=1S/C36H68N4O6/c1-5-9-11-13-15-17-19-21-25-39(7-3)27-23-33(41)45-29-31-35(43)38-32(36(44)37-31)30-46-34(42)24-28-40(8-4)26-22-20-18-16-14-12-10-6-2/h31-32H,5-30H2,1-4H3,(H,37,44)(H,38,43)/t31-,32-/m0/s1. The molecule has 2 amide bonds. The van der Waals surface area contributed by atoms with Crippen molar-refractivity contribution in [2.75, 3.05) is 52.5 Å². The molecule has 1 heterocycles. The fraction of sp³-hybridized carbons (Fsp3) is 0.889. The molecule has 0 radical (unpaired) electrons. The molecule has 1 aliphatic heterocycles. The third-order valence-corrected chi connectivity index (χ3v) is 8.90. The minimum absolute atomic E-state index is 0.223. The lowest BCUT2D eigenvalue weighted by atomic mass is 10.1. The third kappa shape index (κ3) is 20.8. The first kappa shape index (κ1) is 41.8. The summed E-state index contributed by atoms with van der Waals surface area (Å²) in [5.41, 5.74) is 0. The van der Waals surface area contributed by atoms with Gasteiger partial charge in [-0.05, 0) is 39.0 Å². The van der Waals surface area contributed by atoms with Gasteiger partial charge in [0.05, 0.1) is 12.8 Å². The highest BCUT2D eigenvalue weighted by molar-refractivity contribution is 5.97. The summed E-state index contributed by atoms with van der Waals surface area (Å²) in [5, 5.41) is 5.19. The van der Waals surface area contributed by atoms with Gasteiger partial charge >= 0.3 is 11.9 Å². The molecule has 0 bridgehead atoms.